The zero-order valence-electron chi connectivity index (χ0n) is 9.09. The maximum Gasteiger partial charge on any atom is 0.339 e. The number of hydrogen-bond donors (Lipinski definition) is 2. The summed E-state index contributed by atoms with van der Waals surface area (Å²) in [5, 5.41) is 6.54. The number of nitrogens with zero attached hydrogens (tertiary/aromatic N) is 2. The first-order valence-corrected chi connectivity index (χ1v) is 6.71. The van der Waals surface area contributed by atoms with Gasteiger partial charge in [0, 0.05) is 12.6 Å². The lowest BCUT2D eigenvalue weighted by Gasteiger charge is -2.15. The van der Waals surface area contributed by atoms with E-state index in [1.165, 1.54) is 6.20 Å². The molecule has 2 rings (SSSR count). The Morgan fingerprint density at radius 2 is 2.22 bits per heavy atom. The number of hydrogen-bond acceptors (Lipinski definition) is 5. The van der Waals surface area contributed by atoms with Crippen LogP contribution in [-0.4, -0.2) is 33.1 Å². The summed E-state index contributed by atoms with van der Waals surface area (Å²) < 4.78 is 3.08. The molecule has 0 bridgehead atoms. The fourth-order valence-corrected chi connectivity index (χ4v) is 1.91. The molecule has 0 aliphatic carbocycles. The molecule has 5 nitrogen and oxygen atoms in total. The molecule has 1 fully saturated rings. The van der Waals surface area contributed by atoms with Gasteiger partial charge in [-0.1, -0.05) is 11.6 Å². The van der Waals surface area contributed by atoms with E-state index in [0.29, 0.717) is 5.95 Å². The van der Waals surface area contributed by atoms with Crippen LogP contribution < -0.4 is 15.4 Å². The van der Waals surface area contributed by atoms with Crippen LogP contribution in [0.5, 0.6) is 5.88 Å². The van der Waals surface area contributed by atoms with Gasteiger partial charge in [0.15, 0.2) is 0 Å². The number of ether oxygens (including phenoxy) is 1. The van der Waals surface area contributed by atoms with Gasteiger partial charge in [-0.25, -0.2) is 4.98 Å². The Kier molecular flexibility index (Phi) is 4.61. The molecule has 0 aromatic carbocycles. The van der Waals surface area contributed by atoms with Gasteiger partial charge in [0.1, 0.15) is 5.02 Å². The highest BCUT2D eigenvalue weighted by molar-refractivity contribution is 6.66. The summed E-state index contributed by atoms with van der Waals surface area (Å²) in [6.07, 6.45) is 2.39. The summed E-state index contributed by atoms with van der Waals surface area (Å²) in [4.78, 5) is 8.10. The molecule has 2 N–H and O–H groups in total. The van der Waals surface area contributed by atoms with Gasteiger partial charge in [-0.2, -0.15) is 4.98 Å². The van der Waals surface area contributed by atoms with Crippen LogP contribution >= 0.6 is 46.4 Å². The molecule has 1 saturated heterocycles. The average Bonchev–Trinajstić information content (AvgIpc) is 2.74. The van der Waals surface area contributed by atoms with Crippen LogP contribution in [0.15, 0.2) is 6.20 Å². The number of aromatic nitrogens is 2. The van der Waals surface area contributed by atoms with Gasteiger partial charge >= 0.3 is 3.98 Å². The van der Waals surface area contributed by atoms with Gasteiger partial charge < -0.3 is 15.4 Å². The molecular weight excluding hydrogens is 322 g/mol. The number of rotatable bonds is 3. The Morgan fingerprint density at radius 3 is 2.83 bits per heavy atom. The van der Waals surface area contributed by atoms with Gasteiger partial charge in [-0.05, 0) is 47.8 Å². The third-order valence-corrected chi connectivity index (χ3v) is 2.81. The fourth-order valence-electron chi connectivity index (χ4n) is 1.56. The average molecular weight is 332 g/mol. The maximum atomic E-state index is 5.85. The second-order valence-electron chi connectivity index (χ2n) is 3.73. The van der Waals surface area contributed by atoms with Crippen molar-refractivity contribution in [2.75, 3.05) is 18.4 Å². The van der Waals surface area contributed by atoms with Gasteiger partial charge in [0.25, 0.3) is 0 Å². The van der Waals surface area contributed by atoms with Crippen LogP contribution in [0.25, 0.3) is 0 Å². The van der Waals surface area contributed by atoms with E-state index in [9.17, 15) is 0 Å². The van der Waals surface area contributed by atoms with Gasteiger partial charge in [-0.3, -0.25) is 0 Å². The molecule has 1 aliphatic rings. The van der Waals surface area contributed by atoms with E-state index in [4.69, 9.17) is 51.1 Å². The van der Waals surface area contributed by atoms with E-state index >= 15 is 0 Å². The van der Waals surface area contributed by atoms with Crippen molar-refractivity contribution in [1.29, 1.82) is 0 Å². The molecule has 0 radical (unpaired) electrons. The number of anilines is 1. The van der Waals surface area contributed by atoms with Crippen LogP contribution in [0.1, 0.15) is 6.42 Å². The van der Waals surface area contributed by atoms with Crippen molar-refractivity contribution in [2.45, 2.75) is 16.4 Å². The summed E-state index contributed by atoms with van der Waals surface area (Å²) in [5.41, 5.74) is 0. The van der Waals surface area contributed by atoms with E-state index in [1.807, 2.05) is 0 Å². The lowest BCUT2D eigenvalue weighted by atomic mass is 10.3. The van der Waals surface area contributed by atoms with Gasteiger partial charge in [0.2, 0.25) is 11.8 Å². The number of nitrogens with one attached hydrogen (secondary N) is 2. The first kappa shape index (κ1) is 14.2. The number of halogens is 4. The Balaban J connectivity index is 2.10. The quantitative estimate of drug-likeness (QED) is 0.834. The van der Waals surface area contributed by atoms with Crippen LogP contribution in [0.4, 0.5) is 5.95 Å². The topological polar surface area (TPSA) is 59.1 Å². The Bertz CT molecular complexity index is 420. The van der Waals surface area contributed by atoms with Gasteiger partial charge in [0.05, 0.1) is 6.20 Å². The summed E-state index contributed by atoms with van der Waals surface area (Å²) >= 11 is 22.4. The van der Waals surface area contributed by atoms with Crippen LogP contribution in [-0.2, 0) is 0 Å². The SMILES string of the molecule is Clc1cnc(N[C@@H]2CCNC2)nc1OC(Cl)(Cl)Cl. The smallest absolute Gasteiger partial charge is 0.339 e. The Morgan fingerprint density at radius 1 is 1.44 bits per heavy atom. The molecular formula is C9H10Cl4N4O. The molecule has 100 valence electrons. The molecule has 0 saturated carbocycles. The van der Waals surface area contributed by atoms with Crippen LogP contribution in [0.3, 0.4) is 0 Å². The monoisotopic (exact) mass is 330 g/mol. The molecule has 0 spiro atoms. The lowest BCUT2D eigenvalue weighted by molar-refractivity contribution is 0.307. The zero-order chi connectivity index (χ0) is 13.2. The van der Waals surface area contributed by atoms with Crippen molar-refractivity contribution in [2.24, 2.45) is 0 Å². The summed E-state index contributed by atoms with van der Waals surface area (Å²) in [6, 6.07) is 0.270. The van der Waals surface area contributed by atoms with Crippen molar-refractivity contribution in [3.05, 3.63) is 11.2 Å². The maximum absolute atomic E-state index is 5.85. The predicted octanol–water partition coefficient (Wildman–Crippen LogP) is 2.61. The van der Waals surface area contributed by atoms with E-state index in [-0.39, 0.29) is 16.9 Å². The highest BCUT2D eigenvalue weighted by atomic mass is 35.6. The third-order valence-electron chi connectivity index (χ3n) is 2.32. The van der Waals surface area contributed by atoms with Crippen molar-refractivity contribution >= 4 is 52.4 Å². The standard InChI is InChI=1S/C9H10Cl4N4O/c10-6-4-15-8(16-5-1-2-14-3-5)17-7(6)18-9(11,12)13/h4-5,14H,1-3H2,(H,15,16,17)/t5-/m1/s1. The van der Waals surface area contributed by atoms with E-state index in [2.05, 4.69) is 20.6 Å². The normalized spacial score (nSPS) is 19.9. The van der Waals surface area contributed by atoms with Gasteiger partial charge in [-0.15, -0.1) is 0 Å². The van der Waals surface area contributed by atoms with Crippen LogP contribution in [0.2, 0.25) is 5.02 Å². The number of alkyl halides is 3. The molecule has 1 aromatic rings. The van der Waals surface area contributed by atoms with Crippen molar-refractivity contribution in [3.63, 3.8) is 0 Å². The largest absolute Gasteiger partial charge is 0.426 e. The molecule has 1 aliphatic heterocycles. The first-order chi connectivity index (χ1) is 8.44. The summed E-state index contributed by atoms with van der Waals surface area (Å²) in [5.74, 6) is 0.414. The predicted molar refractivity (Wildman–Crippen MR) is 72.9 cm³/mol. The third kappa shape index (κ3) is 4.17. The fraction of sp³-hybridized carbons (Fsp3) is 0.556. The highest BCUT2D eigenvalue weighted by Crippen LogP contribution is 2.33. The van der Waals surface area contributed by atoms with E-state index in [0.717, 1.165) is 19.5 Å². The minimum atomic E-state index is -1.91. The molecule has 1 aromatic heterocycles. The first-order valence-electron chi connectivity index (χ1n) is 5.19. The Labute approximate surface area is 124 Å². The molecule has 18 heavy (non-hydrogen) atoms. The van der Waals surface area contributed by atoms with Crippen molar-refractivity contribution < 1.29 is 4.74 Å². The molecule has 1 atom stereocenters. The zero-order valence-corrected chi connectivity index (χ0v) is 12.1. The minimum Gasteiger partial charge on any atom is -0.426 e. The Hall–Kier alpha value is -0.200. The molecule has 0 amide bonds. The minimum absolute atomic E-state index is 0.0279. The molecule has 9 heteroatoms. The lowest BCUT2D eigenvalue weighted by Crippen LogP contribution is -2.23. The molecule has 2 heterocycles. The second-order valence-corrected chi connectivity index (χ2v) is 6.31. The van der Waals surface area contributed by atoms with Crippen LogP contribution in [0, 0.1) is 0 Å². The van der Waals surface area contributed by atoms with Crippen molar-refractivity contribution in [1.82, 2.24) is 15.3 Å². The second kappa shape index (κ2) is 5.84. The molecule has 0 unspecified atom stereocenters. The van der Waals surface area contributed by atoms with E-state index < -0.39 is 3.98 Å². The van der Waals surface area contributed by atoms with E-state index in [1.54, 1.807) is 0 Å². The van der Waals surface area contributed by atoms with Crippen molar-refractivity contribution in [3.8, 4) is 5.88 Å². The summed E-state index contributed by atoms with van der Waals surface area (Å²) in [7, 11) is 0. The highest BCUT2D eigenvalue weighted by Gasteiger charge is 2.25. The summed E-state index contributed by atoms with van der Waals surface area (Å²) in [6.45, 7) is 1.81.